The first-order valence-corrected chi connectivity index (χ1v) is 7.16. The standard InChI is InChI=1S/C18H17N3O/c1-12-4-9-16-20-17(14-5-7-15(22-3)8-6-14)18(13(2)10-19)21(16)11-12/h4-9,11,13H,1-3H3. The molecule has 0 saturated heterocycles. The molecule has 1 atom stereocenters. The summed E-state index contributed by atoms with van der Waals surface area (Å²) in [7, 11) is 1.64. The molecule has 22 heavy (non-hydrogen) atoms. The molecule has 4 heteroatoms. The van der Waals surface area contributed by atoms with Crippen LogP contribution in [0.25, 0.3) is 16.9 Å². The maximum Gasteiger partial charge on any atom is 0.137 e. The van der Waals surface area contributed by atoms with Crippen molar-refractivity contribution in [2.24, 2.45) is 0 Å². The second kappa shape index (κ2) is 5.53. The summed E-state index contributed by atoms with van der Waals surface area (Å²) in [6, 6.07) is 14.1. The molecule has 4 nitrogen and oxygen atoms in total. The molecule has 3 aromatic rings. The molecule has 110 valence electrons. The first kappa shape index (κ1) is 14.2. The number of benzene rings is 1. The summed E-state index contributed by atoms with van der Waals surface area (Å²) < 4.78 is 7.22. The van der Waals surface area contributed by atoms with Gasteiger partial charge in [-0.1, -0.05) is 6.07 Å². The van der Waals surface area contributed by atoms with Crippen LogP contribution in [0.15, 0.2) is 42.6 Å². The Morgan fingerprint density at radius 3 is 2.55 bits per heavy atom. The van der Waals surface area contributed by atoms with Gasteiger partial charge >= 0.3 is 0 Å². The van der Waals surface area contributed by atoms with Crippen molar-refractivity contribution in [1.82, 2.24) is 9.38 Å². The number of nitriles is 1. The average molecular weight is 291 g/mol. The Morgan fingerprint density at radius 1 is 1.18 bits per heavy atom. The molecule has 0 bridgehead atoms. The molecule has 0 radical (unpaired) electrons. The molecule has 0 N–H and O–H groups in total. The number of hydrogen-bond acceptors (Lipinski definition) is 3. The van der Waals surface area contributed by atoms with Gasteiger partial charge in [-0.2, -0.15) is 5.26 Å². The second-order valence-corrected chi connectivity index (χ2v) is 5.36. The first-order chi connectivity index (χ1) is 10.6. The molecule has 0 aliphatic carbocycles. The number of imidazole rings is 1. The number of fused-ring (bicyclic) bond motifs is 1. The van der Waals surface area contributed by atoms with Crippen LogP contribution < -0.4 is 4.74 Å². The van der Waals surface area contributed by atoms with E-state index in [4.69, 9.17) is 9.72 Å². The van der Waals surface area contributed by atoms with Crippen molar-refractivity contribution in [3.8, 4) is 23.1 Å². The molecule has 0 saturated carbocycles. The lowest BCUT2D eigenvalue weighted by atomic mass is 10.0. The third-order valence-electron chi connectivity index (χ3n) is 3.77. The molecule has 1 aromatic carbocycles. The number of ether oxygens (including phenoxy) is 1. The van der Waals surface area contributed by atoms with Crippen LogP contribution >= 0.6 is 0 Å². The number of rotatable bonds is 3. The SMILES string of the molecule is COc1ccc(-c2nc3ccc(C)cn3c2C(C)C#N)cc1. The van der Waals surface area contributed by atoms with Gasteiger partial charge in [0.05, 0.1) is 30.5 Å². The van der Waals surface area contributed by atoms with Crippen LogP contribution in [0.4, 0.5) is 0 Å². The van der Waals surface area contributed by atoms with Gasteiger partial charge in [0.2, 0.25) is 0 Å². The number of nitrogens with zero attached hydrogens (tertiary/aromatic N) is 3. The van der Waals surface area contributed by atoms with Crippen molar-refractivity contribution in [3.63, 3.8) is 0 Å². The summed E-state index contributed by atoms with van der Waals surface area (Å²) in [6.45, 7) is 3.94. The third-order valence-corrected chi connectivity index (χ3v) is 3.77. The first-order valence-electron chi connectivity index (χ1n) is 7.16. The number of methoxy groups -OCH3 is 1. The Bertz CT molecular complexity index is 856. The van der Waals surface area contributed by atoms with E-state index in [9.17, 15) is 5.26 Å². The van der Waals surface area contributed by atoms with Crippen LogP contribution in [0.2, 0.25) is 0 Å². The van der Waals surface area contributed by atoms with Crippen LogP contribution in [0.3, 0.4) is 0 Å². The highest BCUT2D eigenvalue weighted by Gasteiger charge is 2.19. The minimum atomic E-state index is -0.242. The lowest BCUT2D eigenvalue weighted by Gasteiger charge is -2.08. The monoisotopic (exact) mass is 291 g/mol. The number of pyridine rings is 1. The minimum absolute atomic E-state index is 0.242. The zero-order chi connectivity index (χ0) is 15.7. The second-order valence-electron chi connectivity index (χ2n) is 5.36. The Hall–Kier alpha value is -2.80. The highest BCUT2D eigenvalue weighted by molar-refractivity contribution is 5.68. The number of hydrogen-bond donors (Lipinski definition) is 0. The van der Waals surface area contributed by atoms with E-state index in [-0.39, 0.29) is 5.92 Å². The van der Waals surface area contributed by atoms with E-state index in [1.165, 1.54) is 0 Å². The van der Waals surface area contributed by atoms with Gasteiger partial charge in [-0.15, -0.1) is 0 Å². The van der Waals surface area contributed by atoms with Gasteiger partial charge in [0.25, 0.3) is 0 Å². The maximum absolute atomic E-state index is 9.38. The van der Waals surface area contributed by atoms with E-state index in [2.05, 4.69) is 6.07 Å². The summed E-state index contributed by atoms with van der Waals surface area (Å²) in [4.78, 5) is 4.72. The molecular formula is C18H17N3O. The molecule has 1 unspecified atom stereocenters. The fraction of sp³-hybridized carbons (Fsp3) is 0.222. The van der Waals surface area contributed by atoms with E-state index in [0.717, 1.165) is 33.9 Å². The Balaban J connectivity index is 2.25. The van der Waals surface area contributed by atoms with E-state index >= 15 is 0 Å². The van der Waals surface area contributed by atoms with Crippen molar-refractivity contribution < 1.29 is 4.74 Å². The predicted molar refractivity (Wildman–Crippen MR) is 85.9 cm³/mol. The molecule has 0 fully saturated rings. The fourth-order valence-electron chi connectivity index (χ4n) is 2.61. The van der Waals surface area contributed by atoms with Gasteiger partial charge in [0.15, 0.2) is 0 Å². The Labute approximate surface area is 129 Å². The topological polar surface area (TPSA) is 50.3 Å². The van der Waals surface area contributed by atoms with Gasteiger partial charge in [-0.3, -0.25) is 0 Å². The van der Waals surface area contributed by atoms with Crippen LogP contribution in [-0.2, 0) is 0 Å². The molecule has 0 aliphatic heterocycles. The summed E-state index contributed by atoms with van der Waals surface area (Å²) in [6.07, 6.45) is 2.03. The highest BCUT2D eigenvalue weighted by atomic mass is 16.5. The van der Waals surface area contributed by atoms with E-state index in [0.29, 0.717) is 0 Å². The highest BCUT2D eigenvalue weighted by Crippen LogP contribution is 2.31. The smallest absolute Gasteiger partial charge is 0.137 e. The molecule has 0 spiro atoms. The summed E-state index contributed by atoms with van der Waals surface area (Å²) in [5.41, 5.74) is 4.75. The van der Waals surface area contributed by atoms with E-state index in [1.54, 1.807) is 7.11 Å². The van der Waals surface area contributed by atoms with Crippen LogP contribution in [-0.4, -0.2) is 16.5 Å². The van der Waals surface area contributed by atoms with E-state index < -0.39 is 0 Å². The quantitative estimate of drug-likeness (QED) is 0.734. The molecule has 0 aliphatic rings. The molecular weight excluding hydrogens is 274 g/mol. The average Bonchev–Trinajstić information content (AvgIpc) is 2.92. The molecule has 0 amide bonds. The Kier molecular flexibility index (Phi) is 3.56. The lowest BCUT2D eigenvalue weighted by Crippen LogP contribution is -1.99. The molecule has 2 heterocycles. The van der Waals surface area contributed by atoms with Crippen LogP contribution in [0, 0.1) is 18.3 Å². The third kappa shape index (κ3) is 2.31. The lowest BCUT2D eigenvalue weighted by molar-refractivity contribution is 0.415. The summed E-state index contributed by atoms with van der Waals surface area (Å²) in [5, 5.41) is 9.38. The van der Waals surface area contributed by atoms with Crippen molar-refractivity contribution >= 4 is 5.65 Å². The van der Waals surface area contributed by atoms with Crippen molar-refractivity contribution in [2.45, 2.75) is 19.8 Å². The van der Waals surface area contributed by atoms with Crippen molar-refractivity contribution in [3.05, 3.63) is 53.9 Å². The zero-order valence-electron chi connectivity index (χ0n) is 12.9. The van der Waals surface area contributed by atoms with E-state index in [1.807, 2.05) is 60.8 Å². The van der Waals surface area contributed by atoms with Crippen LogP contribution in [0.1, 0.15) is 24.1 Å². The normalized spacial score (nSPS) is 12.1. The Morgan fingerprint density at radius 2 is 1.91 bits per heavy atom. The van der Waals surface area contributed by atoms with Gasteiger partial charge in [0, 0.05) is 11.8 Å². The molecule has 3 rings (SSSR count). The molecule has 2 aromatic heterocycles. The van der Waals surface area contributed by atoms with Gasteiger partial charge in [0.1, 0.15) is 11.4 Å². The zero-order valence-corrected chi connectivity index (χ0v) is 12.9. The van der Waals surface area contributed by atoms with Crippen molar-refractivity contribution in [2.75, 3.05) is 7.11 Å². The number of aromatic nitrogens is 2. The maximum atomic E-state index is 9.38. The van der Waals surface area contributed by atoms with Gasteiger partial charge in [-0.05, 0) is 49.7 Å². The van der Waals surface area contributed by atoms with Crippen LogP contribution in [0.5, 0.6) is 5.75 Å². The largest absolute Gasteiger partial charge is 0.497 e. The summed E-state index contributed by atoms with van der Waals surface area (Å²) in [5.74, 6) is 0.562. The van der Waals surface area contributed by atoms with Gasteiger partial charge in [-0.25, -0.2) is 4.98 Å². The van der Waals surface area contributed by atoms with Gasteiger partial charge < -0.3 is 9.14 Å². The van der Waals surface area contributed by atoms with Crippen molar-refractivity contribution in [1.29, 1.82) is 5.26 Å². The minimum Gasteiger partial charge on any atom is -0.497 e. The number of aryl methyl sites for hydroxylation is 1. The fourth-order valence-corrected chi connectivity index (χ4v) is 2.61. The summed E-state index contributed by atoms with van der Waals surface area (Å²) >= 11 is 0. The predicted octanol–water partition coefficient (Wildman–Crippen LogP) is 3.95.